The van der Waals surface area contributed by atoms with E-state index in [9.17, 15) is 14.9 Å². The van der Waals surface area contributed by atoms with E-state index < -0.39 is 4.92 Å². The number of aliphatic imine (C=N–C) groups is 1. The quantitative estimate of drug-likeness (QED) is 0.419. The second-order valence-electron chi connectivity index (χ2n) is 4.92. The van der Waals surface area contributed by atoms with Crippen LogP contribution < -0.4 is 5.32 Å². The Balaban J connectivity index is 1.89. The first-order valence-corrected chi connectivity index (χ1v) is 8.90. The molecule has 0 aliphatic carbocycles. The molecule has 0 aromatic heterocycles. The van der Waals surface area contributed by atoms with Crippen LogP contribution in [0.3, 0.4) is 0 Å². The van der Waals surface area contributed by atoms with Gasteiger partial charge in [-0.25, -0.2) is 4.99 Å². The molecule has 25 heavy (non-hydrogen) atoms. The summed E-state index contributed by atoms with van der Waals surface area (Å²) in [5.74, 6) is -0.303. The van der Waals surface area contributed by atoms with Crippen molar-refractivity contribution in [3.8, 4) is 0 Å². The van der Waals surface area contributed by atoms with Gasteiger partial charge < -0.3 is 5.32 Å². The molecule has 2 aromatic carbocycles. The molecule has 126 valence electrons. The normalized spacial score (nSPS) is 17.1. The molecule has 0 atom stereocenters. The molecule has 9 heteroatoms. The average molecular weight is 439 g/mol. The fraction of sp³-hybridized carbons (Fsp3) is 0. The van der Waals surface area contributed by atoms with Gasteiger partial charge in [-0.15, -0.1) is 0 Å². The highest BCUT2D eigenvalue weighted by Crippen LogP contribution is 2.33. The number of hydrogen-bond donors (Lipinski definition) is 1. The smallest absolute Gasteiger partial charge is 0.296 e. The van der Waals surface area contributed by atoms with Crippen molar-refractivity contribution in [2.45, 2.75) is 0 Å². The Kier molecular flexibility index (Phi) is 5.22. The van der Waals surface area contributed by atoms with Crippen LogP contribution in [0.1, 0.15) is 5.56 Å². The van der Waals surface area contributed by atoms with Gasteiger partial charge in [0.25, 0.3) is 11.6 Å². The zero-order valence-corrected chi connectivity index (χ0v) is 15.6. The van der Waals surface area contributed by atoms with E-state index in [-0.39, 0.29) is 27.5 Å². The molecule has 1 aliphatic rings. The number of nitro groups is 1. The van der Waals surface area contributed by atoms with Crippen molar-refractivity contribution in [2.75, 3.05) is 0 Å². The third-order valence-corrected chi connectivity index (χ3v) is 4.85. The monoisotopic (exact) mass is 437 g/mol. The van der Waals surface area contributed by atoms with Crippen molar-refractivity contribution in [2.24, 2.45) is 4.99 Å². The van der Waals surface area contributed by atoms with E-state index in [0.717, 1.165) is 21.8 Å². The number of amidine groups is 1. The molecule has 0 saturated carbocycles. The number of nitrogens with zero attached hydrogens (tertiary/aromatic N) is 2. The zero-order chi connectivity index (χ0) is 18.0. The van der Waals surface area contributed by atoms with E-state index in [0.29, 0.717) is 4.91 Å². The Morgan fingerprint density at radius 3 is 2.64 bits per heavy atom. The summed E-state index contributed by atoms with van der Waals surface area (Å²) in [7, 11) is 0. The number of hydrogen-bond acceptors (Lipinski definition) is 5. The Bertz CT molecular complexity index is 929. The largest absolute Gasteiger partial charge is 0.300 e. The van der Waals surface area contributed by atoms with Gasteiger partial charge in [-0.3, -0.25) is 14.9 Å². The van der Waals surface area contributed by atoms with Gasteiger partial charge in [0, 0.05) is 15.6 Å². The Hall–Kier alpha value is -2.16. The molecule has 3 rings (SSSR count). The van der Waals surface area contributed by atoms with Crippen LogP contribution in [-0.4, -0.2) is 16.0 Å². The van der Waals surface area contributed by atoms with Crippen LogP contribution in [0.15, 0.2) is 56.8 Å². The molecule has 0 unspecified atom stereocenters. The van der Waals surface area contributed by atoms with Crippen molar-refractivity contribution in [1.82, 2.24) is 5.32 Å². The van der Waals surface area contributed by atoms with E-state index in [1.54, 1.807) is 6.08 Å². The minimum absolute atomic E-state index is 0.127. The molecule has 6 nitrogen and oxygen atoms in total. The predicted molar refractivity (Wildman–Crippen MR) is 103 cm³/mol. The Labute approximate surface area is 160 Å². The van der Waals surface area contributed by atoms with Gasteiger partial charge in [-0.1, -0.05) is 39.7 Å². The summed E-state index contributed by atoms with van der Waals surface area (Å²) in [6.07, 6.45) is 1.73. The summed E-state index contributed by atoms with van der Waals surface area (Å²) in [4.78, 5) is 27.3. The topological polar surface area (TPSA) is 84.6 Å². The van der Waals surface area contributed by atoms with Gasteiger partial charge in [0.1, 0.15) is 5.69 Å². The number of thioether (sulfide) groups is 1. The lowest BCUT2D eigenvalue weighted by Crippen LogP contribution is -2.19. The van der Waals surface area contributed by atoms with E-state index in [1.165, 1.54) is 18.2 Å². The minimum atomic E-state index is -0.564. The fourth-order valence-corrected chi connectivity index (χ4v) is 3.30. The van der Waals surface area contributed by atoms with Crippen LogP contribution in [0.25, 0.3) is 6.08 Å². The van der Waals surface area contributed by atoms with Crippen LogP contribution in [0.2, 0.25) is 5.02 Å². The molecule has 1 fully saturated rings. The van der Waals surface area contributed by atoms with Gasteiger partial charge in [-0.05, 0) is 47.7 Å². The molecule has 0 bridgehead atoms. The summed E-state index contributed by atoms with van der Waals surface area (Å²) in [6, 6.07) is 11.6. The Morgan fingerprint density at radius 2 is 1.96 bits per heavy atom. The predicted octanol–water partition coefficient (Wildman–Crippen LogP) is 4.90. The van der Waals surface area contributed by atoms with Crippen LogP contribution in [-0.2, 0) is 4.79 Å². The molecule has 1 heterocycles. The van der Waals surface area contributed by atoms with Crippen LogP contribution in [0.4, 0.5) is 11.4 Å². The number of carbonyl (C=O) groups excluding carboxylic acids is 1. The number of rotatable bonds is 3. The summed E-state index contributed by atoms with van der Waals surface area (Å²) in [5, 5.41) is 14.2. The maximum Gasteiger partial charge on any atom is 0.296 e. The van der Waals surface area contributed by atoms with Crippen molar-refractivity contribution in [1.29, 1.82) is 0 Å². The first kappa shape index (κ1) is 17.7. The molecule has 1 saturated heterocycles. The molecular weight excluding hydrogens is 430 g/mol. The average Bonchev–Trinajstić information content (AvgIpc) is 2.90. The molecule has 1 amide bonds. The molecule has 1 aliphatic heterocycles. The molecule has 1 N–H and O–H groups in total. The van der Waals surface area contributed by atoms with Crippen molar-refractivity contribution in [3.05, 3.63) is 72.5 Å². The summed E-state index contributed by atoms with van der Waals surface area (Å²) in [5.41, 5.74) is 0.766. The van der Waals surface area contributed by atoms with Crippen LogP contribution in [0, 0.1) is 10.1 Å². The molecule has 0 spiro atoms. The lowest BCUT2D eigenvalue weighted by molar-refractivity contribution is -0.384. The number of carbonyl (C=O) groups is 1. The zero-order valence-electron chi connectivity index (χ0n) is 12.4. The van der Waals surface area contributed by atoms with Crippen LogP contribution in [0.5, 0.6) is 0 Å². The summed E-state index contributed by atoms with van der Waals surface area (Å²) >= 11 is 10.3. The molecule has 0 radical (unpaired) electrons. The second kappa shape index (κ2) is 7.38. The van der Waals surface area contributed by atoms with Gasteiger partial charge in [0.05, 0.1) is 9.83 Å². The highest BCUT2D eigenvalue weighted by atomic mass is 79.9. The van der Waals surface area contributed by atoms with Crippen LogP contribution >= 0.6 is 39.3 Å². The number of nitrogens with one attached hydrogen (secondary N) is 1. The number of nitro benzene ring substituents is 1. The Morgan fingerprint density at radius 1 is 1.24 bits per heavy atom. The van der Waals surface area contributed by atoms with Gasteiger partial charge >= 0.3 is 0 Å². The van der Waals surface area contributed by atoms with Gasteiger partial charge in [-0.2, -0.15) is 0 Å². The maximum absolute atomic E-state index is 12.1. The van der Waals surface area contributed by atoms with Crippen molar-refractivity contribution >= 4 is 67.8 Å². The standard InChI is InChI=1S/C16H9BrClN3O3S/c17-10-3-1-9(2-4-10)7-14-15(22)20-16(25-14)19-12-6-5-11(18)8-13(12)21(23)24/h1-8H,(H,19,20,22)/b14-7+. The third kappa shape index (κ3) is 4.28. The van der Waals surface area contributed by atoms with E-state index in [4.69, 9.17) is 11.6 Å². The number of amides is 1. The molecular formula is C16H9BrClN3O3S. The van der Waals surface area contributed by atoms with E-state index in [2.05, 4.69) is 26.2 Å². The lowest BCUT2D eigenvalue weighted by Gasteiger charge is -1.99. The third-order valence-electron chi connectivity index (χ3n) is 3.17. The molecule has 2 aromatic rings. The first-order chi connectivity index (χ1) is 11.9. The fourth-order valence-electron chi connectivity index (χ4n) is 2.04. The minimum Gasteiger partial charge on any atom is -0.300 e. The van der Waals surface area contributed by atoms with E-state index >= 15 is 0 Å². The highest BCUT2D eigenvalue weighted by Gasteiger charge is 2.25. The maximum atomic E-state index is 12.1. The highest BCUT2D eigenvalue weighted by molar-refractivity contribution is 9.10. The van der Waals surface area contributed by atoms with Crippen molar-refractivity contribution < 1.29 is 9.72 Å². The number of benzene rings is 2. The first-order valence-electron chi connectivity index (χ1n) is 6.91. The summed E-state index contributed by atoms with van der Waals surface area (Å²) < 4.78 is 0.940. The SMILES string of the molecule is O=C1NC(=Nc2ccc(Cl)cc2[N+](=O)[O-])S/C1=C/c1ccc(Br)cc1. The lowest BCUT2D eigenvalue weighted by atomic mass is 10.2. The number of halogens is 2. The second-order valence-corrected chi connectivity index (χ2v) is 7.31. The van der Waals surface area contributed by atoms with Gasteiger partial charge in [0.15, 0.2) is 5.17 Å². The van der Waals surface area contributed by atoms with E-state index in [1.807, 2.05) is 24.3 Å². The summed E-state index contributed by atoms with van der Waals surface area (Å²) in [6.45, 7) is 0. The van der Waals surface area contributed by atoms with Gasteiger partial charge in [0.2, 0.25) is 0 Å². The van der Waals surface area contributed by atoms with Crippen molar-refractivity contribution in [3.63, 3.8) is 0 Å².